The molecule has 8 heteroatoms. The quantitative estimate of drug-likeness (QED) is 0.759. The second kappa shape index (κ2) is 6.60. The molecule has 0 saturated carbocycles. The van der Waals surface area contributed by atoms with E-state index in [0.717, 1.165) is 19.3 Å². The number of benzene rings is 1. The molecule has 4 rings (SSSR count). The minimum absolute atomic E-state index is 0.0314. The van der Waals surface area contributed by atoms with Gasteiger partial charge in [0.1, 0.15) is 11.4 Å². The molecule has 2 aromatic rings. The number of hydrogen-bond acceptors (Lipinski definition) is 4. The van der Waals surface area contributed by atoms with Gasteiger partial charge in [0.15, 0.2) is 0 Å². The van der Waals surface area contributed by atoms with Crippen LogP contribution in [0.15, 0.2) is 24.3 Å². The van der Waals surface area contributed by atoms with Crippen LogP contribution in [-0.2, 0) is 19.4 Å². The van der Waals surface area contributed by atoms with Gasteiger partial charge in [-0.25, -0.2) is 13.5 Å². The fraction of sp³-hybridized carbons (Fsp3) is 0.474. The molecule has 1 aliphatic carbocycles. The van der Waals surface area contributed by atoms with E-state index in [4.69, 9.17) is 11.5 Å². The zero-order valence-corrected chi connectivity index (χ0v) is 14.9. The highest BCUT2D eigenvalue weighted by atomic mass is 19.3. The number of carbonyl (C=O) groups excluding carboxylic acids is 1. The predicted octanol–water partition coefficient (Wildman–Crippen LogP) is 1.83. The number of nitrogens with zero attached hydrogens (tertiary/aromatic N) is 2. The van der Waals surface area contributed by atoms with Crippen molar-refractivity contribution in [1.82, 2.24) is 15.1 Å². The third-order valence-corrected chi connectivity index (χ3v) is 5.59. The van der Waals surface area contributed by atoms with Gasteiger partial charge < -0.3 is 16.8 Å². The molecular weight excluding hydrogens is 352 g/mol. The largest absolute Gasteiger partial charge is 0.383 e. The predicted molar refractivity (Wildman–Crippen MR) is 97.7 cm³/mol. The molecule has 1 saturated heterocycles. The Kier molecular flexibility index (Phi) is 4.38. The average molecular weight is 375 g/mol. The minimum atomic E-state index is -2.73. The number of alkyl halides is 2. The molecule has 27 heavy (non-hydrogen) atoms. The highest BCUT2D eigenvalue weighted by molar-refractivity contribution is 5.98. The topological polar surface area (TPSA) is 99.0 Å². The first-order valence-corrected chi connectivity index (χ1v) is 9.18. The number of aromatic nitrogens is 2. The van der Waals surface area contributed by atoms with Crippen molar-refractivity contribution < 1.29 is 13.6 Å². The van der Waals surface area contributed by atoms with Crippen molar-refractivity contribution in [3.63, 3.8) is 0 Å². The summed E-state index contributed by atoms with van der Waals surface area (Å²) in [5, 5.41) is 7.34. The van der Waals surface area contributed by atoms with Gasteiger partial charge in [-0.2, -0.15) is 5.10 Å². The molecule has 144 valence electrons. The molecule has 2 heterocycles. The Morgan fingerprint density at radius 1 is 1.33 bits per heavy atom. The van der Waals surface area contributed by atoms with Crippen molar-refractivity contribution in [3.05, 3.63) is 46.6 Å². The summed E-state index contributed by atoms with van der Waals surface area (Å²) in [5.41, 5.74) is 15.1. The van der Waals surface area contributed by atoms with Crippen LogP contribution in [-0.4, -0.2) is 34.2 Å². The first kappa shape index (κ1) is 17.9. The van der Waals surface area contributed by atoms with Crippen LogP contribution in [0, 0.1) is 0 Å². The van der Waals surface area contributed by atoms with Crippen LogP contribution < -0.4 is 16.8 Å². The molecular formula is C19H23F2N5O. The number of halogens is 2. The zero-order valence-electron chi connectivity index (χ0n) is 14.9. The van der Waals surface area contributed by atoms with Crippen molar-refractivity contribution in [2.75, 3.05) is 12.3 Å². The van der Waals surface area contributed by atoms with Crippen LogP contribution in [0.2, 0.25) is 0 Å². The smallest absolute Gasteiger partial charge is 0.261 e. The number of hydrogen-bond donors (Lipinski definition) is 3. The number of rotatable bonds is 4. The molecule has 2 atom stereocenters. The Morgan fingerprint density at radius 2 is 2.07 bits per heavy atom. The van der Waals surface area contributed by atoms with Crippen LogP contribution in [0.4, 0.5) is 14.6 Å². The summed E-state index contributed by atoms with van der Waals surface area (Å²) >= 11 is 0. The second-order valence-electron chi connectivity index (χ2n) is 7.54. The van der Waals surface area contributed by atoms with Crippen LogP contribution in [0.1, 0.15) is 45.9 Å². The molecule has 1 aliphatic heterocycles. The van der Waals surface area contributed by atoms with E-state index in [1.807, 2.05) is 12.1 Å². The van der Waals surface area contributed by atoms with Crippen LogP contribution >= 0.6 is 0 Å². The van der Waals surface area contributed by atoms with Crippen molar-refractivity contribution in [2.45, 2.75) is 50.1 Å². The molecule has 6 nitrogen and oxygen atoms in total. The van der Waals surface area contributed by atoms with Crippen LogP contribution in [0.25, 0.3) is 0 Å². The summed E-state index contributed by atoms with van der Waals surface area (Å²) < 4.78 is 28.3. The van der Waals surface area contributed by atoms with E-state index in [0.29, 0.717) is 5.69 Å². The van der Waals surface area contributed by atoms with Gasteiger partial charge in [0, 0.05) is 18.4 Å². The van der Waals surface area contributed by atoms with E-state index in [1.165, 1.54) is 15.8 Å². The Labute approximate surface area is 155 Å². The fourth-order valence-electron chi connectivity index (χ4n) is 4.24. The van der Waals surface area contributed by atoms with E-state index >= 15 is 0 Å². The normalized spacial score (nSPS) is 23.9. The number of carbonyl (C=O) groups is 1. The maximum Gasteiger partial charge on any atom is 0.261 e. The minimum Gasteiger partial charge on any atom is -0.383 e. The van der Waals surface area contributed by atoms with Gasteiger partial charge >= 0.3 is 0 Å². The molecule has 5 N–H and O–H groups in total. The van der Waals surface area contributed by atoms with Crippen molar-refractivity contribution >= 4 is 11.7 Å². The summed E-state index contributed by atoms with van der Waals surface area (Å²) in [6.07, 6.45) is 2.21. The fourth-order valence-corrected chi connectivity index (χ4v) is 4.24. The van der Waals surface area contributed by atoms with Crippen LogP contribution in [0.3, 0.4) is 0 Å². The number of amides is 1. The van der Waals surface area contributed by atoms with Gasteiger partial charge in [-0.15, -0.1) is 0 Å². The zero-order chi connectivity index (χ0) is 19.2. The molecule has 1 aromatic carbocycles. The Balaban J connectivity index is 1.62. The monoisotopic (exact) mass is 375 g/mol. The number of nitrogen functional groups attached to an aromatic ring is 1. The average Bonchev–Trinajstić information content (AvgIpc) is 3.14. The number of anilines is 1. The summed E-state index contributed by atoms with van der Waals surface area (Å²) in [6.45, 7) is -0.168. The summed E-state index contributed by atoms with van der Waals surface area (Å²) in [6, 6.07) is 7.76. The number of aryl methyl sites for hydroxylation is 1. The maximum absolute atomic E-state index is 13.4. The third kappa shape index (κ3) is 3.41. The summed E-state index contributed by atoms with van der Waals surface area (Å²) in [4.78, 5) is 12.0. The van der Waals surface area contributed by atoms with E-state index in [9.17, 15) is 13.6 Å². The number of nitrogens with two attached hydrogens (primary N) is 2. The van der Waals surface area contributed by atoms with Gasteiger partial charge in [0.2, 0.25) is 0 Å². The second-order valence-corrected chi connectivity index (χ2v) is 7.54. The first-order valence-electron chi connectivity index (χ1n) is 9.18. The van der Waals surface area contributed by atoms with Crippen molar-refractivity contribution in [1.29, 1.82) is 0 Å². The molecule has 1 aromatic heterocycles. The first-order chi connectivity index (χ1) is 12.8. The molecule has 1 fully saturated rings. The van der Waals surface area contributed by atoms with E-state index < -0.39 is 17.9 Å². The maximum atomic E-state index is 13.4. The lowest BCUT2D eigenvalue weighted by Gasteiger charge is -2.23. The molecule has 0 spiro atoms. The van der Waals surface area contributed by atoms with Gasteiger partial charge in [-0.05, 0) is 30.4 Å². The van der Waals surface area contributed by atoms with E-state index in [-0.39, 0.29) is 36.8 Å². The standard InChI is InChI=1S/C19H23F2N5O/c20-19(21)8-14(24-10-19)9-26-17(22)15(18(23)27)16(25-26)13-6-5-11-3-1-2-4-12(11)7-13/h1-4,13-14,24H,5-10,22H2,(H2,23,27)/t13-,14+/m1/s1. The number of primary amides is 1. The van der Waals surface area contributed by atoms with E-state index in [2.05, 4.69) is 22.5 Å². The molecule has 0 unspecified atom stereocenters. The summed E-state index contributed by atoms with van der Waals surface area (Å²) in [5.74, 6) is -3.16. The Bertz CT molecular complexity index is 879. The van der Waals surface area contributed by atoms with Gasteiger partial charge in [-0.1, -0.05) is 24.3 Å². The lowest BCUT2D eigenvalue weighted by molar-refractivity contribution is 0.0205. The SMILES string of the molecule is NC(=O)c1c([C@@H]2CCc3ccccc3C2)nn(C[C@@H]2CC(F)(F)CN2)c1N. The molecule has 1 amide bonds. The number of fused-ring (bicyclic) bond motifs is 1. The van der Waals surface area contributed by atoms with E-state index in [1.54, 1.807) is 0 Å². The molecule has 0 radical (unpaired) electrons. The van der Waals surface area contributed by atoms with Crippen molar-refractivity contribution in [3.8, 4) is 0 Å². The Hall–Kier alpha value is -2.48. The summed E-state index contributed by atoms with van der Waals surface area (Å²) in [7, 11) is 0. The molecule has 0 bridgehead atoms. The highest BCUT2D eigenvalue weighted by Gasteiger charge is 2.40. The van der Waals surface area contributed by atoms with Crippen molar-refractivity contribution in [2.24, 2.45) is 5.73 Å². The van der Waals surface area contributed by atoms with Gasteiger partial charge in [-0.3, -0.25) is 4.79 Å². The number of nitrogens with one attached hydrogen (secondary N) is 1. The third-order valence-electron chi connectivity index (χ3n) is 5.59. The van der Waals surface area contributed by atoms with Crippen LogP contribution in [0.5, 0.6) is 0 Å². The Morgan fingerprint density at radius 3 is 2.74 bits per heavy atom. The molecule has 2 aliphatic rings. The van der Waals surface area contributed by atoms with Gasteiger partial charge in [0.25, 0.3) is 11.8 Å². The van der Waals surface area contributed by atoms with Gasteiger partial charge in [0.05, 0.1) is 18.8 Å². The highest BCUT2D eigenvalue weighted by Crippen LogP contribution is 2.35. The lowest BCUT2D eigenvalue weighted by atomic mass is 9.81. The lowest BCUT2D eigenvalue weighted by Crippen LogP contribution is -2.28.